The molecule has 0 unspecified atom stereocenters. The summed E-state index contributed by atoms with van der Waals surface area (Å²) in [5.41, 5.74) is 0.294. The van der Waals surface area contributed by atoms with Crippen molar-refractivity contribution >= 4 is 22.2 Å². The Balaban J connectivity index is 3.15. The van der Waals surface area contributed by atoms with Gasteiger partial charge in [0.05, 0.1) is 5.56 Å². The Bertz CT molecular complexity index is 271. The van der Waals surface area contributed by atoms with Gasteiger partial charge in [-0.05, 0) is 15.9 Å². The Morgan fingerprint density at radius 1 is 2.11 bits per heavy atom. The van der Waals surface area contributed by atoms with Gasteiger partial charge in [-0.25, -0.2) is 0 Å². The number of hydrogen-bond donors (Lipinski definition) is 0. The third-order valence-corrected chi connectivity index (χ3v) is 1.48. The van der Waals surface area contributed by atoms with Gasteiger partial charge in [0.1, 0.15) is 5.97 Å². The molecule has 3 nitrogen and oxygen atoms in total. The molecule has 0 fully saturated rings. The lowest BCUT2D eigenvalue weighted by molar-refractivity contribution is 0.112. The van der Waals surface area contributed by atoms with E-state index >= 15 is 0 Å². The molecule has 0 radical (unpaired) electrons. The van der Waals surface area contributed by atoms with E-state index < -0.39 is 6.26 Å². The fraction of sp³-hybridized carbons (Fsp3) is 0.200. The van der Waals surface area contributed by atoms with Crippen LogP contribution in [0.15, 0.2) is 10.8 Å². The van der Waals surface area contributed by atoms with Gasteiger partial charge in [-0.1, -0.05) is 0 Å². The average Bonchev–Trinajstić information content (AvgIpc) is 2.10. The summed E-state index contributed by atoms with van der Waals surface area (Å²) in [4.78, 5) is 10.5. The zero-order valence-electron chi connectivity index (χ0n) is 5.76. The number of halogens is 1. The molecule has 0 N–H and O–H groups in total. The molecule has 9 heavy (non-hydrogen) atoms. The minimum absolute atomic E-state index is 0.294. The lowest BCUT2D eigenvalue weighted by Crippen LogP contribution is -1.84. The number of aldehydes is 1. The second-order valence-electron chi connectivity index (χ2n) is 1.61. The van der Waals surface area contributed by atoms with Crippen LogP contribution in [0.25, 0.3) is 0 Å². The van der Waals surface area contributed by atoms with Crippen LogP contribution in [0.4, 0.5) is 0 Å². The van der Waals surface area contributed by atoms with Crippen molar-refractivity contribution in [1.82, 2.24) is 9.78 Å². The van der Waals surface area contributed by atoms with Crippen LogP contribution < -0.4 is 0 Å². The smallest absolute Gasteiger partial charge is 0.154 e. The first-order valence-electron chi connectivity index (χ1n) is 2.81. The largest absolute Gasteiger partial charge is 0.298 e. The molecule has 1 heterocycles. The molecule has 1 rings (SSSR count). The molecule has 0 aliphatic rings. The molecule has 48 valence electrons. The van der Waals surface area contributed by atoms with E-state index in [1.54, 1.807) is 7.05 Å². The fourth-order valence-corrected chi connectivity index (χ4v) is 0.963. The van der Waals surface area contributed by atoms with Gasteiger partial charge in [-0.2, -0.15) is 5.10 Å². The monoisotopic (exact) mass is 189 g/mol. The minimum Gasteiger partial charge on any atom is -0.298 e. The number of carbonyl (C=O) groups excluding carboxylic acids is 1. The van der Waals surface area contributed by atoms with Crippen molar-refractivity contribution in [3.63, 3.8) is 0 Å². The third-order valence-electron chi connectivity index (χ3n) is 0.894. The first-order valence-corrected chi connectivity index (χ1v) is 3.10. The maximum absolute atomic E-state index is 10.5. The van der Waals surface area contributed by atoms with E-state index in [0.717, 1.165) is 0 Å². The van der Waals surface area contributed by atoms with Crippen molar-refractivity contribution < 1.29 is 6.17 Å². The number of aryl methyl sites for hydroxylation is 1. The highest BCUT2D eigenvalue weighted by Gasteiger charge is 2.00. The summed E-state index contributed by atoms with van der Waals surface area (Å²) in [6.07, 6.45) is 0.777. The van der Waals surface area contributed by atoms with E-state index in [9.17, 15) is 4.79 Å². The molecule has 0 amide bonds. The Morgan fingerprint density at radius 3 is 3.00 bits per heavy atom. The van der Waals surface area contributed by atoms with E-state index in [0.29, 0.717) is 10.2 Å². The number of hydrogen-bond acceptors (Lipinski definition) is 2. The van der Waals surface area contributed by atoms with Crippen molar-refractivity contribution in [1.29, 1.82) is 0 Å². The molecule has 0 spiro atoms. The number of aromatic nitrogens is 2. The van der Waals surface area contributed by atoms with Gasteiger partial charge in [0.25, 0.3) is 0 Å². The molecular formula is C5H5BrN2O. The van der Waals surface area contributed by atoms with Crippen molar-refractivity contribution in [3.05, 3.63) is 16.4 Å². The standard InChI is InChI=1S/C5H5BrN2O/c1-8-2-4(3-9)5(6)7-8/h2-3H,1H3/i3D. The second-order valence-corrected chi connectivity index (χ2v) is 2.36. The maximum Gasteiger partial charge on any atom is 0.154 e. The van der Waals surface area contributed by atoms with Crippen molar-refractivity contribution in [2.75, 3.05) is 0 Å². The van der Waals surface area contributed by atoms with Crippen molar-refractivity contribution in [2.45, 2.75) is 0 Å². The van der Waals surface area contributed by atoms with Crippen LogP contribution >= 0.6 is 15.9 Å². The van der Waals surface area contributed by atoms with Gasteiger partial charge in [0.2, 0.25) is 0 Å². The lowest BCUT2D eigenvalue weighted by Gasteiger charge is -1.78. The van der Waals surface area contributed by atoms with E-state index in [2.05, 4.69) is 21.0 Å². The SMILES string of the molecule is [2H]C(=O)c1cn(C)nc1Br. The molecule has 0 saturated heterocycles. The van der Waals surface area contributed by atoms with Crippen LogP contribution in [0.5, 0.6) is 0 Å². The van der Waals surface area contributed by atoms with Gasteiger partial charge in [0, 0.05) is 13.2 Å². The van der Waals surface area contributed by atoms with Gasteiger partial charge in [-0.15, -0.1) is 0 Å². The molecule has 0 aliphatic carbocycles. The quantitative estimate of drug-likeness (QED) is 0.619. The first-order chi connectivity index (χ1) is 4.61. The first kappa shape index (κ1) is 5.17. The van der Waals surface area contributed by atoms with Gasteiger partial charge >= 0.3 is 0 Å². The van der Waals surface area contributed by atoms with Crippen LogP contribution in [0, 0.1) is 0 Å². The molecular weight excluding hydrogens is 184 g/mol. The molecule has 0 aromatic carbocycles. The summed E-state index contributed by atoms with van der Waals surface area (Å²) in [6.45, 7) is 0. The number of carbonyl (C=O) groups is 1. The highest BCUT2D eigenvalue weighted by molar-refractivity contribution is 9.10. The Morgan fingerprint density at radius 2 is 2.78 bits per heavy atom. The van der Waals surface area contributed by atoms with Crippen molar-refractivity contribution in [3.8, 4) is 0 Å². The van der Waals surface area contributed by atoms with Gasteiger partial charge in [-0.3, -0.25) is 9.48 Å². The zero-order chi connectivity index (χ0) is 7.72. The summed E-state index contributed by atoms with van der Waals surface area (Å²) in [6, 6.07) is 0. The highest BCUT2D eigenvalue weighted by atomic mass is 79.9. The van der Waals surface area contributed by atoms with Crippen LogP contribution in [-0.2, 0) is 7.05 Å². The third kappa shape index (κ3) is 1.18. The van der Waals surface area contributed by atoms with E-state index in [-0.39, 0.29) is 0 Å². The van der Waals surface area contributed by atoms with Crippen molar-refractivity contribution in [2.24, 2.45) is 7.05 Å². The molecule has 1 aromatic rings. The summed E-state index contributed by atoms with van der Waals surface area (Å²) >= 11 is 3.04. The zero-order valence-corrected chi connectivity index (χ0v) is 6.34. The molecule has 1 aromatic heterocycles. The van der Waals surface area contributed by atoms with Crippen LogP contribution in [-0.4, -0.2) is 16.0 Å². The Hall–Kier alpha value is -0.640. The summed E-state index contributed by atoms with van der Waals surface area (Å²) < 4.78 is 8.65. The molecule has 0 aliphatic heterocycles. The normalized spacial score (nSPS) is 11.1. The van der Waals surface area contributed by atoms with E-state index in [1.807, 2.05) is 0 Å². The maximum atomic E-state index is 10.5. The van der Waals surface area contributed by atoms with E-state index in [1.165, 1.54) is 10.9 Å². The van der Waals surface area contributed by atoms with E-state index in [4.69, 9.17) is 1.37 Å². The molecule has 4 heteroatoms. The number of rotatable bonds is 1. The van der Waals surface area contributed by atoms with Gasteiger partial charge < -0.3 is 0 Å². The molecule has 0 saturated carbocycles. The number of nitrogens with zero attached hydrogens (tertiary/aromatic N) is 2. The fourth-order valence-electron chi connectivity index (χ4n) is 0.530. The van der Waals surface area contributed by atoms with Crippen LogP contribution in [0.1, 0.15) is 11.7 Å². The second kappa shape index (κ2) is 2.31. The highest BCUT2D eigenvalue weighted by Crippen LogP contribution is 2.09. The lowest BCUT2D eigenvalue weighted by atomic mass is 10.4. The van der Waals surface area contributed by atoms with Crippen LogP contribution in [0.3, 0.4) is 0 Å². The average molecular weight is 190 g/mol. The predicted octanol–water partition coefficient (Wildman–Crippen LogP) is 0.995. The Kier molecular flexibility index (Phi) is 1.32. The topological polar surface area (TPSA) is 34.9 Å². The minimum atomic E-state index is -0.722. The predicted molar refractivity (Wildman–Crippen MR) is 36.3 cm³/mol. The summed E-state index contributed by atoms with van der Waals surface area (Å²) in [7, 11) is 1.69. The summed E-state index contributed by atoms with van der Waals surface area (Å²) in [5, 5.41) is 3.82. The van der Waals surface area contributed by atoms with Gasteiger partial charge in [0.15, 0.2) is 6.26 Å². The summed E-state index contributed by atoms with van der Waals surface area (Å²) in [5.74, 6) is 0. The molecule has 0 bridgehead atoms. The molecule has 0 atom stereocenters. The Labute approximate surface area is 62.2 Å². The van der Waals surface area contributed by atoms with Crippen LogP contribution in [0.2, 0.25) is 0 Å².